The number of amides is 2. The van der Waals surface area contributed by atoms with Crippen molar-refractivity contribution in [2.75, 3.05) is 17.3 Å². The highest BCUT2D eigenvalue weighted by Gasteiger charge is 2.54. The number of nitrogens with one attached hydrogen (secondary N) is 2. The molecule has 0 saturated carbocycles. The first-order valence-corrected chi connectivity index (χ1v) is 13.4. The van der Waals surface area contributed by atoms with Crippen molar-refractivity contribution in [1.82, 2.24) is 40.1 Å². The molecule has 1 saturated heterocycles. The molecule has 2 aromatic heterocycles. The number of oxime groups is 1. The largest absolute Gasteiger partial charge is 0.478 e. The quantitative estimate of drug-likeness (QED) is 0.0445. The molecule has 2 aliphatic rings. The van der Waals surface area contributed by atoms with Gasteiger partial charge in [-0.25, -0.2) is 9.59 Å². The van der Waals surface area contributed by atoms with Crippen molar-refractivity contribution < 1.29 is 34.2 Å². The number of nitrogens with two attached hydrogens (primary N) is 1. The Kier molecular flexibility index (Phi) is 7.92. The van der Waals surface area contributed by atoms with Gasteiger partial charge in [0.15, 0.2) is 10.9 Å². The number of carboxylic acid groups (broad SMARTS) is 2. The van der Waals surface area contributed by atoms with Crippen molar-refractivity contribution in [3.8, 4) is 0 Å². The van der Waals surface area contributed by atoms with Gasteiger partial charge in [-0.05, 0) is 19.4 Å². The number of hydrogen-bond acceptors (Lipinski definition) is 14. The van der Waals surface area contributed by atoms with Crippen LogP contribution in [-0.2, 0) is 31.1 Å². The minimum atomic E-state index is -1.82. The number of thioether (sulfide) groups is 2. The second-order valence-corrected chi connectivity index (χ2v) is 11.1. The SMILES string of the molecule is Cn1[nH]c(=O)c(=O)nc1SCC1=C(C(=O)O)N2C(=O)[C@@H](NC(=O)/C(=N\OC(C)(C)C(=O)O)c3cnn(N)n3)[C@H]2SC1. The van der Waals surface area contributed by atoms with Crippen LogP contribution in [0.3, 0.4) is 0 Å². The van der Waals surface area contributed by atoms with Gasteiger partial charge < -0.3 is 26.2 Å². The zero-order valence-corrected chi connectivity index (χ0v) is 23.1. The molecule has 0 spiro atoms. The first-order chi connectivity index (χ1) is 19.2. The number of hydrogen-bond donors (Lipinski definition) is 5. The molecule has 2 aromatic rings. The average molecular weight is 611 g/mol. The summed E-state index contributed by atoms with van der Waals surface area (Å²) >= 11 is 2.18. The van der Waals surface area contributed by atoms with Crippen LogP contribution in [0, 0.1) is 0 Å². The molecular formula is C20H22N10O9S2. The fourth-order valence-electron chi connectivity index (χ4n) is 3.53. The van der Waals surface area contributed by atoms with Crippen molar-refractivity contribution >= 4 is 53.0 Å². The van der Waals surface area contributed by atoms with Crippen molar-refractivity contribution in [3.05, 3.63) is 43.9 Å². The molecule has 0 aliphatic carbocycles. The van der Waals surface area contributed by atoms with Crippen LogP contribution in [0.5, 0.6) is 0 Å². The van der Waals surface area contributed by atoms with Gasteiger partial charge in [0.2, 0.25) is 5.60 Å². The van der Waals surface area contributed by atoms with Gasteiger partial charge in [0.05, 0.1) is 6.20 Å². The molecule has 21 heteroatoms. The molecule has 0 unspecified atom stereocenters. The Labute approximate surface area is 236 Å². The molecule has 0 radical (unpaired) electrons. The first-order valence-electron chi connectivity index (χ1n) is 11.4. The molecule has 19 nitrogen and oxygen atoms in total. The maximum atomic E-state index is 13.1. The van der Waals surface area contributed by atoms with Gasteiger partial charge in [0.1, 0.15) is 22.8 Å². The highest BCUT2D eigenvalue weighted by molar-refractivity contribution is 8.01. The van der Waals surface area contributed by atoms with E-state index in [1.165, 1.54) is 37.3 Å². The van der Waals surface area contributed by atoms with Crippen LogP contribution in [0.25, 0.3) is 0 Å². The summed E-state index contributed by atoms with van der Waals surface area (Å²) in [6.07, 6.45) is 1.07. The number of carbonyl (C=O) groups is 4. The molecule has 218 valence electrons. The summed E-state index contributed by atoms with van der Waals surface area (Å²) in [7, 11) is 1.46. The molecule has 6 N–H and O–H groups in total. The second-order valence-electron chi connectivity index (χ2n) is 9.00. The minimum absolute atomic E-state index is 0.0384. The van der Waals surface area contributed by atoms with E-state index in [2.05, 4.69) is 30.8 Å². The van der Waals surface area contributed by atoms with Crippen LogP contribution in [0.1, 0.15) is 19.5 Å². The molecule has 1 fully saturated rings. The molecular weight excluding hydrogens is 588 g/mol. The topological polar surface area (TPSA) is 270 Å². The number of aromatic nitrogens is 6. The fraction of sp³-hybridized carbons (Fsp3) is 0.400. The van der Waals surface area contributed by atoms with Crippen LogP contribution < -0.4 is 22.3 Å². The summed E-state index contributed by atoms with van der Waals surface area (Å²) in [4.78, 5) is 83.1. The van der Waals surface area contributed by atoms with E-state index in [9.17, 15) is 39.0 Å². The van der Waals surface area contributed by atoms with Crippen molar-refractivity contribution in [2.24, 2.45) is 12.2 Å². The standard InChI is InChI=1S/C20H22N10O9S2/c1-20(2,18(37)38)39-27-9(8-4-22-30(21)25-8)12(31)23-10-15(34)29-11(17(35)36)7(5-40-16(10)29)6-41-19-24-13(32)14(33)26-28(19)3/h4,10,16H,5-6,21H2,1-3H3,(H,23,31)(H,26,33)(H,35,36)(H,37,38)/b27-9-/t10-,16-/m1/s1. The van der Waals surface area contributed by atoms with E-state index in [0.29, 0.717) is 10.5 Å². The third-order valence-electron chi connectivity index (χ3n) is 5.71. The van der Waals surface area contributed by atoms with E-state index in [0.717, 1.165) is 22.9 Å². The van der Waals surface area contributed by atoms with Gasteiger partial charge >= 0.3 is 23.1 Å². The number of aromatic amines is 1. The molecule has 2 aliphatic heterocycles. The van der Waals surface area contributed by atoms with E-state index in [1.807, 2.05) is 0 Å². The number of β-lactam (4-membered cyclic amide) rings is 1. The zero-order valence-electron chi connectivity index (χ0n) is 21.4. The lowest BCUT2D eigenvalue weighted by Crippen LogP contribution is -2.71. The summed E-state index contributed by atoms with van der Waals surface area (Å²) < 4.78 is 1.22. The smallest absolute Gasteiger partial charge is 0.352 e. The number of aliphatic carboxylic acids is 2. The molecule has 0 aromatic carbocycles. The Morgan fingerprint density at radius 1 is 1.32 bits per heavy atom. The summed E-state index contributed by atoms with van der Waals surface area (Å²) in [6.45, 7) is 2.39. The lowest BCUT2D eigenvalue weighted by atomic mass is 10.0. The zero-order chi connectivity index (χ0) is 30.2. The van der Waals surface area contributed by atoms with Gasteiger partial charge in [0.25, 0.3) is 11.8 Å². The minimum Gasteiger partial charge on any atom is -0.478 e. The van der Waals surface area contributed by atoms with E-state index in [-0.39, 0.29) is 28.1 Å². The Balaban J connectivity index is 1.53. The van der Waals surface area contributed by atoms with E-state index in [4.69, 9.17) is 10.7 Å². The molecule has 4 rings (SSSR count). The van der Waals surface area contributed by atoms with E-state index < -0.39 is 57.6 Å². The third-order valence-corrected chi connectivity index (χ3v) is 8.16. The van der Waals surface area contributed by atoms with Gasteiger partial charge in [-0.15, -0.1) is 22.0 Å². The number of nitrogens with zero attached hydrogens (tertiary/aromatic N) is 7. The summed E-state index contributed by atoms with van der Waals surface area (Å²) in [6, 6.07) is -1.16. The Morgan fingerprint density at radius 2 is 2.02 bits per heavy atom. The van der Waals surface area contributed by atoms with Crippen molar-refractivity contribution in [3.63, 3.8) is 0 Å². The number of fused-ring (bicyclic) bond motifs is 1. The molecule has 41 heavy (non-hydrogen) atoms. The summed E-state index contributed by atoms with van der Waals surface area (Å²) in [5, 5.41) is 34.3. The van der Waals surface area contributed by atoms with Crippen LogP contribution in [-0.4, -0.2) is 103 Å². The van der Waals surface area contributed by atoms with Crippen LogP contribution in [0.15, 0.2) is 37.4 Å². The van der Waals surface area contributed by atoms with E-state index in [1.54, 1.807) is 0 Å². The third kappa shape index (κ3) is 5.79. The number of aryl methyl sites for hydroxylation is 1. The number of rotatable bonds is 10. The Morgan fingerprint density at radius 3 is 2.63 bits per heavy atom. The predicted molar refractivity (Wildman–Crippen MR) is 140 cm³/mol. The van der Waals surface area contributed by atoms with Crippen molar-refractivity contribution in [1.29, 1.82) is 0 Å². The molecule has 4 heterocycles. The fourth-order valence-corrected chi connectivity index (χ4v) is 5.94. The normalized spacial score (nSPS) is 19.0. The monoisotopic (exact) mass is 610 g/mol. The number of nitrogen functional groups attached to an aromatic ring is 1. The maximum absolute atomic E-state index is 13.1. The average Bonchev–Trinajstić information content (AvgIpc) is 3.33. The lowest BCUT2D eigenvalue weighted by Gasteiger charge is -2.49. The van der Waals surface area contributed by atoms with E-state index >= 15 is 0 Å². The highest BCUT2D eigenvalue weighted by Crippen LogP contribution is 2.41. The van der Waals surface area contributed by atoms with Gasteiger partial charge in [-0.3, -0.25) is 33.9 Å². The Hall–Kier alpha value is -4.66. The van der Waals surface area contributed by atoms with Gasteiger partial charge in [-0.2, -0.15) is 4.98 Å². The molecule has 2 atom stereocenters. The van der Waals surface area contributed by atoms with Gasteiger partial charge in [-0.1, -0.05) is 21.8 Å². The lowest BCUT2D eigenvalue weighted by molar-refractivity contribution is -0.161. The predicted octanol–water partition coefficient (Wildman–Crippen LogP) is -3.11. The maximum Gasteiger partial charge on any atom is 0.352 e. The summed E-state index contributed by atoms with van der Waals surface area (Å²) in [5.74, 6) is 1.20. The second kappa shape index (κ2) is 11.1. The highest BCUT2D eigenvalue weighted by atomic mass is 32.2. The van der Waals surface area contributed by atoms with Crippen LogP contribution >= 0.6 is 23.5 Å². The molecule has 2 amide bonds. The number of H-pyrrole nitrogens is 1. The summed E-state index contributed by atoms with van der Waals surface area (Å²) in [5.41, 5.74) is -4.35. The van der Waals surface area contributed by atoms with Crippen LogP contribution in [0.4, 0.5) is 0 Å². The first kappa shape index (κ1) is 29.3. The van der Waals surface area contributed by atoms with Crippen LogP contribution in [0.2, 0.25) is 0 Å². The Bertz CT molecular complexity index is 1630. The molecule has 0 bridgehead atoms. The van der Waals surface area contributed by atoms with Gasteiger partial charge in [0, 0.05) is 18.6 Å². The van der Waals surface area contributed by atoms with Crippen molar-refractivity contribution in [2.45, 2.75) is 36.0 Å². The number of carbonyl (C=O) groups excluding carboxylic acids is 2. The number of carboxylic acids is 2.